The molecule has 2 aromatic heterocycles. The lowest BCUT2D eigenvalue weighted by Gasteiger charge is -2.09. The minimum absolute atomic E-state index is 0.0618. The molecule has 0 aliphatic heterocycles. The van der Waals surface area contributed by atoms with E-state index >= 15 is 0 Å². The fourth-order valence-corrected chi connectivity index (χ4v) is 4.32. The van der Waals surface area contributed by atoms with Crippen molar-refractivity contribution in [1.29, 1.82) is 0 Å². The third kappa shape index (κ3) is 3.50. The van der Waals surface area contributed by atoms with Crippen LogP contribution in [-0.4, -0.2) is 28.2 Å². The van der Waals surface area contributed by atoms with Crippen molar-refractivity contribution >= 4 is 26.3 Å². The molecule has 0 amide bonds. The maximum absolute atomic E-state index is 12.8. The largest absolute Gasteiger partial charge is 0.453 e. The Labute approximate surface area is 144 Å². The van der Waals surface area contributed by atoms with Crippen molar-refractivity contribution in [2.24, 2.45) is 0 Å². The van der Waals surface area contributed by atoms with Crippen molar-refractivity contribution in [2.75, 3.05) is 0 Å². The van der Waals surface area contributed by atoms with Gasteiger partial charge in [0.05, 0.1) is 11.4 Å². The molecular weight excluding hydrogens is 379 g/mol. The van der Waals surface area contributed by atoms with Gasteiger partial charge < -0.3 is 0 Å². The second-order valence-electron chi connectivity index (χ2n) is 5.31. The number of halogens is 3. The van der Waals surface area contributed by atoms with Crippen LogP contribution in [0.5, 0.6) is 0 Å². The van der Waals surface area contributed by atoms with Gasteiger partial charge in [0.15, 0.2) is 0 Å². The van der Waals surface area contributed by atoms with E-state index in [1.165, 1.54) is 6.07 Å². The summed E-state index contributed by atoms with van der Waals surface area (Å²) >= 11 is 0.829. The first-order valence-corrected chi connectivity index (χ1v) is 9.23. The van der Waals surface area contributed by atoms with E-state index < -0.39 is 22.0 Å². The van der Waals surface area contributed by atoms with E-state index in [1.807, 2.05) is 0 Å². The number of aryl methyl sites for hydroxylation is 2. The molecule has 0 atom stereocenters. The average Bonchev–Trinajstić information content (AvgIpc) is 3.06. The summed E-state index contributed by atoms with van der Waals surface area (Å²) in [7, 11) is -3.82. The van der Waals surface area contributed by atoms with Crippen LogP contribution in [0.1, 0.15) is 22.0 Å². The standard InChI is InChI=1S/C13H12F3N5O2S2/c1-7-3-4-8(2)9(5-7)25(22,23)17-6-10-20-21-11(13(14,15)16)18-19-12(21)24-10/h3-5,17H,6H2,1-2H3. The smallest absolute Gasteiger partial charge is 0.207 e. The highest BCUT2D eigenvalue weighted by Crippen LogP contribution is 2.29. The van der Waals surface area contributed by atoms with E-state index in [9.17, 15) is 21.6 Å². The lowest BCUT2D eigenvalue weighted by atomic mass is 10.2. The molecule has 1 N–H and O–H groups in total. The Morgan fingerprint density at radius 2 is 1.96 bits per heavy atom. The maximum atomic E-state index is 12.8. The molecule has 12 heteroatoms. The van der Waals surface area contributed by atoms with E-state index in [0.29, 0.717) is 10.1 Å². The highest BCUT2D eigenvalue weighted by molar-refractivity contribution is 7.89. The van der Waals surface area contributed by atoms with Gasteiger partial charge in [-0.2, -0.15) is 22.8 Å². The summed E-state index contributed by atoms with van der Waals surface area (Å²) in [4.78, 5) is 0.0553. The first kappa shape index (κ1) is 17.8. The number of hydrogen-bond donors (Lipinski definition) is 1. The number of aromatic nitrogens is 4. The number of sulfonamides is 1. The summed E-state index contributed by atoms with van der Waals surface area (Å²) in [6.45, 7) is 3.17. The molecule has 2 heterocycles. The molecule has 0 unspecified atom stereocenters. The van der Waals surface area contributed by atoms with Crippen LogP contribution in [-0.2, 0) is 22.7 Å². The van der Waals surface area contributed by atoms with Gasteiger partial charge in [-0.1, -0.05) is 23.5 Å². The van der Waals surface area contributed by atoms with Gasteiger partial charge in [-0.3, -0.25) is 0 Å². The molecular formula is C13H12F3N5O2S2. The van der Waals surface area contributed by atoms with Gasteiger partial charge in [-0.05, 0) is 31.0 Å². The van der Waals surface area contributed by atoms with Crippen LogP contribution in [0.15, 0.2) is 23.1 Å². The minimum atomic E-state index is -4.69. The van der Waals surface area contributed by atoms with Gasteiger partial charge in [0.2, 0.25) is 15.0 Å². The summed E-state index contributed by atoms with van der Waals surface area (Å²) in [5, 5.41) is 10.3. The first-order valence-electron chi connectivity index (χ1n) is 6.93. The zero-order valence-electron chi connectivity index (χ0n) is 13.0. The van der Waals surface area contributed by atoms with Gasteiger partial charge in [0, 0.05) is 0 Å². The zero-order valence-corrected chi connectivity index (χ0v) is 14.6. The molecule has 0 fully saturated rings. The Morgan fingerprint density at radius 3 is 2.64 bits per heavy atom. The molecule has 7 nitrogen and oxygen atoms in total. The summed E-state index contributed by atoms with van der Waals surface area (Å²) in [6.07, 6.45) is -4.69. The van der Waals surface area contributed by atoms with Gasteiger partial charge in [-0.15, -0.1) is 10.2 Å². The van der Waals surface area contributed by atoms with Crippen LogP contribution >= 0.6 is 11.3 Å². The highest BCUT2D eigenvalue weighted by atomic mass is 32.2. The lowest BCUT2D eigenvalue weighted by molar-refractivity contribution is -0.146. The van der Waals surface area contributed by atoms with Gasteiger partial charge in [0.25, 0.3) is 5.82 Å². The Bertz CT molecular complexity index is 1040. The van der Waals surface area contributed by atoms with E-state index in [0.717, 1.165) is 16.9 Å². The fourth-order valence-electron chi connectivity index (χ4n) is 2.14. The van der Waals surface area contributed by atoms with E-state index in [4.69, 9.17) is 0 Å². The predicted molar refractivity (Wildman–Crippen MR) is 83.6 cm³/mol. The summed E-state index contributed by atoms with van der Waals surface area (Å²) in [5.74, 6) is -1.25. The molecule has 25 heavy (non-hydrogen) atoms. The second-order valence-corrected chi connectivity index (χ2v) is 8.08. The van der Waals surface area contributed by atoms with Crippen LogP contribution in [0.4, 0.5) is 13.2 Å². The molecule has 0 radical (unpaired) electrons. The number of benzene rings is 1. The maximum Gasteiger partial charge on any atom is 0.453 e. The lowest BCUT2D eigenvalue weighted by Crippen LogP contribution is -2.24. The first-order chi connectivity index (χ1) is 11.6. The van der Waals surface area contributed by atoms with E-state index in [1.54, 1.807) is 26.0 Å². The third-order valence-corrected chi connectivity index (χ3v) is 5.77. The molecule has 0 aliphatic carbocycles. The number of hydrogen-bond acceptors (Lipinski definition) is 6. The highest BCUT2D eigenvalue weighted by Gasteiger charge is 2.38. The quantitative estimate of drug-likeness (QED) is 0.737. The van der Waals surface area contributed by atoms with Gasteiger partial charge in [0.1, 0.15) is 5.01 Å². The monoisotopic (exact) mass is 391 g/mol. The Balaban J connectivity index is 1.85. The van der Waals surface area contributed by atoms with Gasteiger partial charge in [-0.25, -0.2) is 13.1 Å². The van der Waals surface area contributed by atoms with Crippen molar-refractivity contribution in [3.8, 4) is 0 Å². The van der Waals surface area contributed by atoms with Crippen LogP contribution < -0.4 is 4.72 Å². The van der Waals surface area contributed by atoms with Gasteiger partial charge >= 0.3 is 6.18 Å². The van der Waals surface area contributed by atoms with Crippen molar-refractivity contribution < 1.29 is 21.6 Å². The predicted octanol–water partition coefficient (Wildman–Crippen LogP) is 2.30. The average molecular weight is 391 g/mol. The van der Waals surface area contributed by atoms with Crippen LogP contribution in [0.2, 0.25) is 0 Å². The SMILES string of the molecule is Cc1ccc(C)c(S(=O)(=O)NCc2nn3c(C(F)(F)F)nnc3s2)c1. The number of rotatable bonds is 4. The van der Waals surface area contributed by atoms with Crippen molar-refractivity contribution in [3.05, 3.63) is 40.2 Å². The Morgan fingerprint density at radius 1 is 1.24 bits per heavy atom. The molecule has 3 rings (SSSR count). The molecule has 0 saturated heterocycles. The van der Waals surface area contributed by atoms with Crippen molar-refractivity contribution in [2.45, 2.75) is 31.5 Å². The zero-order chi connectivity index (χ0) is 18.4. The molecule has 0 bridgehead atoms. The van der Waals surface area contributed by atoms with E-state index in [-0.39, 0.29) is 21.4 Å². The summed E-state index contributed by atoms with van der Waals surface area (Å²) in [6, 6.07) is 5.00. The Kier molecular flexibility index (Phi) is 4.29. The molecule has 134 valence electrons. The van der Waals surface area contributed by atoms with Crippen LogP contribution in [0.25, 0.3) is 4.96 Å². The summed E-state index contributed by atoms with van der Waals surface area (Å²) in [5.41, 5.74) is 1.34. The number of alkyl halides is 3. The topological polar surface area (TPSA) is 89.2 Å². The Hall–Kier alpha value is -2.05. The minimum Gasteiger partial charge on any atom is -0.207 e. The second kappa shape index (κ2) is 6.04. The molecule has 3 aromatic rings. The molecule has 0 saturated carbocycles. The number of fused-ring (bicyclic) bond motifs is 1. The summed E-state index contributed by atoms with van der Waals surface area (Å²) < 4.78 is 66.0. The normalized spacial score (nSPS) is 12.8. The molecule has 0 spiro atoms. The number of nitrogens with zero attached hydrogens (tertiary/aromatic N) is 4. The molecule has 0 aliphatic rings. The van der Waals surface area contributed by atoms with Crippen molar-refractivity contribution in [3.63, 3.8) is 0 Å². The van der Waals surface area contributed by atoms with Crippen LogP contribution in [0.3, 0.4) is 0 Å². The van der Waals surface area contributed by atoms with E-state index in [2.05, 4.69) is 20.0 Å². The third-order valence-electron chi connectivity index (χ3n) is 3.33. The molecule has 1 aromatic carbocycles. The van der Waals surface area contributed by atoms with Crippen LogP contribution in [0, 0.1) is 13.8 Å². The fraction of sp³-hybridized carbons (Fsp3) is 0.308. The number of nitrogens with one attached hydrogen (secondary N) is 1. The van der Waals surface area contributed by atoms with Crippen molar-refractivity contribution in [1.82, 2.24) is 24.5 Å².